The van der Waals surface area contributed by atoms with Gasteiger partial charge in [-0.2, -0.15) is 0 Å². The molecule has 0 atom stereocenters. The number of nitrogens with one attached hydrogen (secondary N) is 1. The standard InChI is InChI=1S/C17H20N2O5/c1-5-24-13-9-10(6-7-12(13)20)8-11-14(21)18-16(23)19(15(11)22)17(2,3)4/h6-9,20H,5H2,1-4H3,(H,18,21,23)/b11-8+. The van der Waals surface area contributed by atoms with E-state index in [2.05, 4.69) is 5.32 Å². The SMILES string of the molecule is CCOc1cc(/C=C2\C(=O)NC(=O)N(C(C)(C)C)C2=O)ccc1O. The minimum absolute atomic E-state index is 0.0371. The Labute approximate surface area is 139 Å². The molecule has 7 heteroatoms. The van der Waals surface area contributed by atoms with Gasteiger partial charge in [0.25, 0.3) is 11.8 Å². The number of aromatic hydroxyl groups is 1. The number of carbonyl (C=O) groups is 3. The van der Waals surface area contributed by atoms with E-state index in [0.29, 0.717) is 12.2 Å². The van der Waals surface area contributed by atoms with Crippen LogP contribution in [0.5, 0.6) is 11.5 Å². The summed E-state index contributed by atoms with van der Waals surface area (Å²) in [6.45, 7) is 7.23. The Morgan fingerprint density at radius 2 is 1.92 bits per heavy atom. The van der Waals surface area contributed by atoms with E-state index in [9.17, 15) is 19.5 Å². The van der Waals surface area contributed by atoms with Crippen LogP contribution in [0.3, 0.4) is 0 Å². The van der Waals surface area contributed by atoms with E-state index in [0.717, 1.165) is 4.90 Å². The van der Waals surface area contributed by atoms with Crippen LogP contribution in [0.4, 0.5) is 4.79 Å². The van der Waals surface area contributed by atoms with Gasteiger partial charge in [0.05, 0.1) is 6.61 Å². The van der Waals surface area contributed by atoms with E-state index in [-0.39, 0.29) is 17.1 Å². The van der Waals surface area contributed by atoms with Crippen molar-refractivity contribution < 1.29 is 24.2 Å². The fourth-order valence-corrected chi connectivity index (χ4v) is 2.32. The Morgan fingerprint density at radius 1 is 1.25 bits per heavy atom. The van der Waals surface area contributed by atoms with E-state index in [4.69, 9.17) is 4.74 Å². The summed E-state index contributed by atoms with van der Waals surface area (Å²) >= 11 is 0. The molecular formula is C17H20N2O5. The molecule has 0 unspecified atom stereocenters. The van der Waals surface area contributed by atoms with Crippen molar-refractivity contribution in [2.75, 3.05) is 6.61 Å². The first-order chi connectivity index (χ1) is 11.1. The number of benzene rings is 1. The maximum Gasteiger partial charge on any atom is 0.331 e. The van der Waals surface area contributed by atoms with Gasteiger partial charge in [0, 0.05) is 5.54 Å². The number of nitrogens with zero attached hydrogens (tertiary/aromatic N) is 1. The van der Waals surface area contributed by atoms with Crippen LogP contribution in [0.1, 0.15) is 33.3 Å². The van der Waals surface area contributed by atoms with E-state index in [1.807, 2.05) is 0 Å². The number of amides is 4. The zero-order valence-electron chi connectivity index (χ0n) is 14.0. The number of carbonyl (C=O) groups excluding carboxylic acids is 3. The first-order valence-corrected chi connectivity index (χ1v) is 7.52. The first kappa shape index (κ1) is 17.5. The lowest BCUT2D eigenvalue weighted by Crippen LogP contribution is -2.60. The second kappa shape index (κ2) is 6.35. The smallest absolute Gasteiger partial charge is 0.331 e. The number of barbiturate groups is 1. The number of urea groups is 1. The molecule has 1 fully saturated rings. The molecular weight excluding hydrogens is 312 g/mol. The quantitative estimate of drug-likeness (QED) is 0.652. The average molecular weight is 332 g/mol. The highest BCUT2D eigenvalue weighted by Gasteiger charge is 2.41. The lowest BCUT2D eigenvalue weighted by Gasteiger charge is -2.36. The minimum atomic E-state index is -0.771. The number of ether oxygens (including phenoxy) is 1. The van der Waals surface area contributed by atoms with E-state index in [1.54, 1.807) is 33.8 Å². The second-order valence-corrected chi connectivity index (χ2v) is 6.29. The number of imide groups is 2. The zero-order chi connectivity index (χ0) is 18.1. The van der Waals surface area contributed by atoms with Gasteiger partial charge in [-0.25, -0.2) is 4.79 Å². The Hall–Kier alpha value is -2.83. The molecule has 1 aliphatic heterocycles. The normalized spacial score (nSPS) is 17.2. The third-order valence-electron chi connectivity index (χ3n) is 3.37. The number of hydrogen-bond acceptors (Lipinski definition) is 5. The zero-order valence-corrected chi connectivity index (χ0v) is 14.0. The van der Waals surface area contributed by atoms with Crippen molar-refractivity contribution in [3.8, 4) is 11.5 Å². The second-order valence-electron chi connectivity index (χ2n) is 6.29. The van der Waals surface area contributed by atoms with Gasteiger partial charge in [0.15, 0.2) is 11.5 Å². The van der Waals surface area contributed by atoms with Gasteiger partial charge in [0.1, 0.15) is 5.57 Å². The molecule has 1 saturated heterocycles. The fraction of sp³-hybridized carbons (Fsp3) is 0.353. The van der Waals surface area contributed by atoms with Gasteiger partial charge in [0.2, 0.25) is 0 Å². The molecule has 2 rings (SSSR count). The van der Waals surface area contributed by atoms with Crippen molar-refractivity contribution in [1.82, 2.24) is 10.2 Å². The fourth-order valence-electron chi connectivity index (χ4n) is 2.32. The molecule has 24 heavy (non-hydrogen) atoms. The van der Waals surface area contributed by atoms with Gasteiger partial charge in [-0.05, 0) is 51.5 Å². The highest BCUT2D eigenvalue weighted by Crippen LogP contribution is 2.29. The maximum atomic E-state index is 12.6. The van der Waals surface area contributed by atoms with Crippen LogP contribution < -0.4 is 10.1 Å². The maximum absolute atomic E-state index is 12.6. The molecule has 0 bridgehead atoms. The van der Waals surface area contributed by atoms with Gasteiger partial charge in [-0.15, -0.1) is 0 Å². The predicted octanol–water partition coefficient (Wildman–Crippen LogP) is 2.05. The van der Waals surface area contributed by atoms with E-state index < -0.39 is 23.4 Å². The molecule has 4 amide bonds. The summed E-state index contributed by atoms with van der Waals surface area (Å²) in [5.41, 5.74) is -0.428. The van der Waals surface area contributed by atoms with Crippen LogP contribution in [0.2, 0.25) is 0 Å². The largest absolute Gasteiger partial charge is 0.504 e. The Bertz CT molecular complexity index is 731. The number of phenolic OH excluding ortho intramolecular Hbond substituents is 1. The average Bonchev–Trinajstić information content (AvgIpc) is 2.45. The Morgan fingerprint density at radius 3 is 2.50 bits per heavy atom. The van der Waals surface area contributed by atoms with Crippen LogP contribution >= 0.6 is 0 Å². The summed E-state index contributed by atoms with van der Waals surface area (Å²) < 4.78 is 5.28. The summed E-state index contributed by atoms with van der Waals surface area (Å²) in [5.74, 6) is -1.21. The first-order valence-electron chi connectivity index (χ1n) is 7.52. The van der Waals surface area contributed by atoms with Crippen LogP contribution in [0.25, 0.3) is 6.08 Å². The molecule has 1 aromatic carbocycles. The van der Waals surface area contributed by atoms with Crippen molar-refractivity contribution in [1.29, 1.82) is 0 Å². The molecule has 0 aromatic heterocycles. The van der Waals surface area contributed by atoms with Crippen molar-refractivity contribution in [3.05, 3.63) is 29.3 Å². The Balaban J connectivity index is 2.44. The number of phenols is 1. The molecule has 0 spiro atoms. The number of rotatable bonds is 3. The summed E-state index contributed by atoms with van der Waals surface area (Å²) in [7, 11) is 0. The van der Waals surface area contributed by atoms with Gasteiger partial charge in [-0.1, -0.05) is 6.07 Å². The molecule has 1 heterocycles. The van der Waals surface area contributed by atoms with Crippen LogP contribution in [0.15, 0.2) is 23.8 Å². The summed E-state index contributed by atoms with van der Waals surface area (Å²) in [6.07, 6.45) is 1.37. The summed E-state index contributed by atoms with van der Waals surface area (Å²) in [6, 6.07) is 3.73. The predicted molar refractivity (Wildman–Crippen MR) is 87.4 cm³/mol. The van der Waals surface area contributed by atoms with Crippen molar-refractivity contribution >= 4 is 23.9 Å². The molecule has 0 radical (unpaired) electrons. The van der Waals surface area contributed by atoms with E-state index in [1.165, 1.54) is 18.2 Å². The van der Waals surface area contributed by atoms with Crippen LogP contribution in [-0.2, 0) is 9.59 Å². The molecule has 0 saturated carbocycles. The highest BCUT2D eigenvalue weighted by atomic mass is 16.5. The van der Waals surface area contributed by atoms with Gasteiger partial charge in [-0.3, -0.25) is 19.8 Å². The monoisotopic (exact) mass is 332 g/mol. The molecule has 128 valence electrons. The third-order valence-corrected chi connectivity index (χ3v) is 3.37. The van der Waals surface area contributed by atoms with Crippen molar-refractivity contribution in [3.63, 3.8) is 0 Å². The van der Waals surface area contributed by atoms with Crippen molar-refractivity contribution in [2.24, 2.45) is 0 Å². The topological polar surface area (TPSA) is 95.9 Å². The highest BCUT2D eigenvalue weighted by molar-refractivity contribution is 6.31. The molecule has 7 nitrogen and oxygen atoms in total. The van der Waals surface area contributed by atoms with Gasteiger partial charge >= 0.3 is 6.03 Å². The third kappa shape index (κ3) is 3.40. The molecule has 2 N–H and O–H groups in total. The van der Waals surface area contributed by atoms with Crippen molar-refractivity contribution in [2.45, 2.75) is 33.2 Å². The van der Waals surface area contributed by atoms with E-state index >= 15 is 0 Å². The van der Waals surface area contributed by atoms with Gasteiger partial charge < -0.3 is 9.84 Å². The van der Waals surface area contributed by atoms with Crippen LogP contribution in [0, 0.1) is 0 Å². The molecule has 0 aliphatic carbocycles. The molecule has 1 aromatic rings. The minimum Gasteiger partial charge on any atom is -0.504 e. The number of hydrogen-bond donors (Lipinski definition) is 2. The molecule has 1 aliphatic rings. The summed E-state index contributed by atoms with van der Waals surface area (Å²) in [4.78, 5) is 37.6. The Kier molecular flexibility index (Phi) is 4.64. The summed E-state index contributed by atoms with van der Waals surface area (Å²) in [5, 5.41) is 11.9. The lowest BCUT2D eigenvalue weighted by molar-refractivity contribution is -0.133. The lowest BCUT2D eigenvalue weighted by atomic mass is 10.0. The van der Waals surface area contributed by atoms with Crippen LogP contribution in [-0.4, -0.2) is 40.0 Å².